The van der Waals surface area contributed by atoms with Crippen molar-refractivity contribution >= 4 is 27.8 Å². The first-order valence-corrected chi connectivity index (χ1v) is 9.00. The van der Waals surface area contributed by atoms with Crippen LogP contribution >= 0.6 is 15.9 Å². The Morgan fingerprint density at radius 2 is 1.96 bits per heavy atom. The summed E-state index contributed by atoms with van der Waals surface area (Å²) in [5.41, 5.74) is -0.0785. The summed E-state index contributed by atoms with van der Waals surface area (Å²) < 4.78 is 28.0. The fraction of sp³-hybridized carbons (Fsp3) is 0.333. The molecule has 0 radical (unpaired) electrons. The third kappa shape index (κ3) is 4.54. The zero-order chi connectivity index (χ0) is 19.8. The first kappa shape index (κ1) is 19.5. The third-order valence-corrected chi connectivity index (χ3v) is 4.99. The van der Waals surface area contributed by atoms with Crippen LogP contribution in [0.15, 0.2) is 34.8 Å². The van der Waals surface area contributed by atoms with Crippen LogP contribution in [-0.4, -0.2) is 46.5 Å². The van der Waals surface area contributed by atoms with Crippen molar-refractivity contribution in [1.82, 2.24) is 10.3 Å². The maximum Gasteiger partial charge on any atom is 0.404 e. The summed E-state index contributed by atoms with van der Waals surface area (Å²) in [6.07, 6.45) is -1.25. The Labute approximate surface area is 163 Å². The fourth-order valence-electron chi connectivity index (χ4n) is 3.14. The van der Waals surface area contributed by atoms with E-state index >= 15 is 0 Å². The molecule has 1 unspecified atom stereocenters. The van der Waals surface area contributed by atoms with Crippen LogP contribution in [0.5, 0.6) is 0 Å². The number of amides is 1. The van der Waals surface area contributed by atoms with Crippen molar-refractivity contribution in [3.05, 3.63) is 57.7 Å². The summed E-state index contributed by atoms with van der Waals surface area (Å²) in [5.74, 6) is -1.62. The van der Waals surface area contributed by atoms with Gasteiger partial charge in [-0.15, -0.1) is 0 Å². The molecule has 3 N–H and O–H groups in total. The molecule has 1 aliphatic rings. The number of anilines is 1. The van der Waals surface area contributed by atoms with E-state index < -0.39 is 29.2 Å². The van der Waals surface area contributed by atoms with Gasteiger partial charge < -0.3 is 20.4 Å². The number of β-amino-alcohol motifs (C(OH)–C–C–N with tert-alkyl or cyclic N) is 1. The number of nitrogens with one attached hydrogen (secondary N) is 1. The molecule has 6 nitrogen and oxygen atoms in total. The molecule has 9 heteroatoms. The number of aromatic nitrogens is 1. The van der Waals surface area contributed by atoms with E-state index in [0.29, 0.717) is 29.1 Å². The van der Waals surface area contributed by atoms with Gasteiger partial charge in [-0.2, -0.15) is 0 Å². The Bertz CT molecular complexity index is 851. The molecule has 0 spiro atoms. The Morgan fingerprint density at radius 1 is 1.33 bits per heavy atom. The zero-order valence-electron chi connectivity index (χ0n) is 14.4. The van der Waals surface area contributed by atoms with E-state index in [0.717, 1.165) is 18.2 Å². The highest BCUT2D eigenvalue weighted by atomic mass is 79.9. The van der Waals surface area contributed by atoms with Crippen molar-refractivity contribution in [2.75, 3.05) is 24.5 Å². The van der Waals surface area contributed by atoms with Crippen molar-refractivity contribution in [3.63, 3.8) is 0 Å². The minimum Gasteiger partial charge on any atom is -0.465 e. The average molecular weight is 442 g/mol. The highest BCUT2D eigenvalue weighted by Crippen LogP contribution is 2.33. The summed E-state index contributed by atoms with van der Waals surface area (Å²) >= 11 is 3.39. The second-order valence-corrected chi connectivity index (χ2v) is 7.69. The molecule has 1 saturated heterocycles. The van der Waals surface area contributed by atoms with Gasteiger partial charge >= 0.3 is 6.09 Å². The molecule has 0 saturated carbocycles. The van der Waals surface area contributed by atoms with Crippen LogP contribution in [0, 0.1) is 11.6 Å². The van der Waals surface area contributed by atoms with Gasteiger partial charge in [0.25, 0.3) is 0 Å². The lowest BCUT2D eigenvalue weighted by Gasteiger charge is -2.45. The van der Waals surface area contributed by atoms with Gasteiger partial charge in [-0.1, -0.05) is 0 Å². The molecule has 2 heterocycles. The zero-order valence-corrected chi connectivity index (χ0v) is 16.0. The molecule has 2 aromatic rings. The maximum atomic E-state index is 13.7. The van der Waals surface area contributed by atoms with E-state index in [1.807, 2.05) is 4.90 Å². The van der Waals surface area contributed by atoms with Gasteiger partial charge in [0.2, 0.25) is 0 Å². The van der Waals surface area contributed by atoms with Crippen molar-refractivity contribution in [3.8, 4) is 0 Å². The van der Waals surface area contributed by atoms with Gasteiger partial charge in [0.15, 0.2) is 0 Å². The number of carboxylic acid groups (broad SMARTS) is 1. The normalized spacial score (nSPS) is 16.6. The molecule has 27 heavy (non-hydrogen) atoms. The van der Waals surface area contributed by atoms with Gasteiger partial charge in [0.1, 0.15) is 17.5 Å². The number of benzene rings is 1. The third-order valence-electron chi connectivity index (χ3n) is 4.32. The number of nitrogens with zero attached hydrogens (tertiary/aromatic N) is 2. The van der Waals surface area contributed by atoms with E-state index in [4.69, 9.17) is 5.11 Å². The lowest BCUT2D eigenvalue weighted by molar-refractivity contribution is 0.0305. The van der Waals surface area contributed by atoms with Gasteiger partial charge in [-0.05, 0) is 52.7 Å². The first-order chi connectivity index (χ1) is 12.6. The quantitative estimate of drug-likeness (QED) is 0.663. The summed E-state index contributed by atoms with van der Waals surface area (Å²) in [5, 5.41) is 21.1. The molecule has 1 aromatic carbocycles. The number of hydrogen-bond acceptors (Lipinski definition) is 4. The Hall–Kier alpha value is -2.26. The molecule has 3 rings (SSSR count). The average Bonchev–Trinajstić information content (AvgIpc) is 2.53. The molecular formula is C18H18BrF2N3O3. The number of aliphatic hydroxyl groups is 1. The highest BCUT2D eigenvalue weighted by Gasteiger charge is 2.37. The van der Waals surface area contributed by atoms with E-state index in [9.17, 15) is 18.7 Å². The second-order valence-electron chi connectivity index (χ2n) is 6.83. The Morgan fingerprint density at radius 3 is 2.52 bits per heavy atom. The van der Waals surface area contributed by atoms with Gasteiger partial charge in [-0.25, -0.2) is 18.6 Å². The molecular weight excluding hydrogens is 424 g/mol. The molecule has 0 aliphatic carbocycles. The first-order valence-electron chi connectivity index (χ1n) is 8.21. The molecule has 0 bridgehead atoms. The van der Waals surface area contributed by atoms with Crippen molar-refractivity contribution in [1.29, 1.82) is 0 Å². The van der Waals surface area contributed by atoms with Crippen LogP contribution in [0.3, 0.4) is 0 Å². The predicted octanol–water partition coefficient (Wildman–Crippen LogP) is 3.09. The van der Waals surface area contributed by atoms with Crippen LogP contribution in [0.2, 0.25) is 0 Å². The Balaban J connectivity index is 1.99. The number of carbonyl (C=O) groups is 1. The van der Waals surface area contributed by atoms with Crippen LogP contribution in [0.1, 0.15) is 24.1 Å². The van der Waals surface area contributed by atoms with Crippen LogP contribution in [0.4, 0.5) is 19.4 Å². The Kier molecular flexibility index (Phi) is 5.34. The fourth-order valence-corrected chi connectivity index (χ4v) is 3.64. The maximum absolute atomic E-state index is 13.7. The molecule has 1 fully saturated rings. The SMILES string of the molecule is CC1(O)CN(c2ccc(Br)c(C(CNC(=O)O)c3cc(F)cc(F)c3)n2)C1. The number of pyridine rings is 1. The predicted molar refractivity (Wildman–Crippen MR) is 99.0 cm³/mol. The van der Waals surface area contributed by atoms with Crippen molar-refractivity contribution in [2.45, 2.75) is 18.4 Å². The molecule has 1 aliphatic heterocycles. The smallest absolute Gasteiger partial charge is 0.404 e. The van der Waals surface area contributed by atoms with Crippen LogP contribution < -0.4 is 10.2 Å². The summed E-state index contributed by atoms with van der Waals surface area (Å²) in [7, 11) is 0. The minimum atomic E-state index is -1.25. The van der Waals surface area contributed by atoms with E-state index in [-0.39, 0.29) is 12.1 Å². The standard InChI is InChI=1S/C18H18BrF2N3O3/c1-18(27)8-24(9-18)15-3-2-14(19)16(23-15)13(7-22-17(25)26)10-4-11(20)6-12(21)5-10/h2-6,13,22,27H,7-9H2,1H3,(H,25,26). The lowest BCUT2D eigenvalue weighted by atomic mass is 9.94. The van der Waals surface area contributed by atoms with Gasteiger partial charge in [-0.3, -0.25) is 0 Å². The molecule has 1 amide bonds. The number of rotatable bonds is 5. The van der Waals surface area contributed by atoms with Crippen LogP contribution in [-0.2, 0) is 0 Å². The highest BCUT2D eigenvalue weighted by molar-refractivity contribution is 9.10. The lowest BCUT2D eigenvalue weighted by Crippen LogP contribution is -2.60. The molecule has 1 atom stereocenters. The summed E-state index contributed by atoms with van der Waals surface area (Å²) in [6, 6.07) is 6.58. The minimum absolute atomic E-state index is 0.106. The second kappa shape index (κ2) is 7.40. The topological polar surface area (TPSA) is 85.7 Å². The number of halogens is 3. The monoisotopic (exact) mass is 441 g/mol. The summed E-state index contributed by atoms with van der Waals surface area (Å²) in [4.78, 5) is 17.4. The van der Waals surface area contributed by atoms with Crippen molar-refractivity contribution < 1.29 is 23.8 Å². The molecule has 144 valence electrons. The molecule has 1 aromatic heterocycles. The van der Waals surface area contributed by atoms with Crippen molar-refractivity contribution in [2.24, 2.45) is 0 Å². The summed E-state index contributed by atoms with van der Waals surface area (Å²) in [6.45, 7) is 2.44. The number of hydrogen-bond donors (Lipinski definition) is 3. The van der Waals surface area contributed by atoms with Gasteiger partial charge in [0.05, 0.1) is 11.3 Å². The van der Waals surface area contributed by atoms with E-state index in [1.165, 1.54) is 0 Å². The largest absolute Gasteiger partial charge is 0.465 e. The van der Waals surface area contributed by atoms with Gasteiger partial charge in [0, 0.05) is 36.1 Å². The van der Waals surface area contributed by atoms with E-state index in [1.54, 1.807) is 19.1 Å². The van der Waals surface area contributed by atoms with Crippen LogP contribution in [0.25, 0.3) is 0 Å². The van der Waals surface area contributed by atoms with E-state index in [2.05, 4.69) is 26.2 Å².